The Bertz CT molecular complexity index is 1540. The second kappa shape index (κ2) is 9.35. The Balaban J connectivity index is 1.42. The van der Waals surface area contributed by atoms with Crippen LogP contribution in [-0.4, -0.2) is 33.3 Å². The molecule has 2 aromatic heterocycles. The van der Waals surface area contributed by atoms with E-state index in [-0.39, 0.29) is 5.91 Å². The van der Waals surface area contributed by atoms with Gasteiger partial charge in [0.1, 0.15) is 17.6 Å². The number of hydrogen-bond acceptors (Lipinski definition) is 6. The van der Waals surface area contributed by atoms with Crippen molar-refractivity contribution in [2.45, 2.75) is 19.9 Å². The maximum atomic E-state index is 12.8. The summed E-state index contributed by atoms with van der Waals surface area (Å²) in [5.74, 6) is 1.21. The number of rotatable bonds is 6. The SMILES string of the molecule is CC1=CC(C(=O)Nc2cn3ncc(C#N)c(Nc4ccc(Oc5ccccc5)cc4)c3c2C)N=[N+]1C. The van der Waals surface area contributed by atoms with E-state index in [4.69, 9.17) is 4.74 Å². The van der Waals surface area contributed by atoms with Crippen LogP contribution >= 0.6 is 0 Å². The molecule has 9 nitrogen and oxygen atoms in total. The fraction of sp³-hybridized carbons (Fsp3) is 0.148. The monoisotopic (exact) mass is 478 g/mol. The van der Waals surface area contributed by atoms with E-state index < -0.39 is 6.04 Å². The van der Waals surface area contributed by atoms with Crippen molar-refractivity contribution < 1.29 is 14.2 Å². The van der Waals surface area contributed by atoms with Gasteiger partial charge in [-0.1, -0.05) is 22.9 Å². The number of aromatic nitrogens is 2. The number of fused-ring (bicyclic) bond motifs is 1. The fourth-order valence-electron chi connectivity index (χ4n) is 3.98. The smallest absolute Gasteiger partial charge is 0.259 e. The first-order valence-electron chi connectivity index (χ1n) is 11.4. The van der Waals surface area contributed by atoms with Crippen LogP contribution in [0.1, 0.15) is 18.1 Å². The minimum absolute atomic E-state index is 0.235. The van der Waals surface area contributed by atoms with Gasteiger partial charge in [-0.25, -0.2) is 4.52 Å². The number of ether oxygens (including phenoxy) is 1. The van der Waals surface area contributed by atoms with E-state index in [2.05, 4.69) is 26.9 Å². The summed E-state index contributed by atoms with van der Waals surface area (Å²) in [6.07, 6.45) is 5.05. The van der Waals surface area contributed by atoms with Crippen LogP contribution in [0.3, 0.4) is 0 Å². The first-order chi connectivity index (χ1) is 17.4. The number of carbonyl (C=O) groups excluding carboxylic acids is 1. The molecule has 0 aliphatic carbocycles. The van der Waals surface area contributed by atoms with Gasteiger partial charge in [-0.05, 0) is 48.4 Å². The van der Waals surface area contributed by atoms with Crippen molar-refractivity contribution in [2.24, 2.45) is 5.11 Å². The first kappa shape index (κ1) is 22.8. The third-order valence-corrected chi connectivity index (χ3v) is 6.01. The Morgan fingerprint density at radius 3 is 2.50 bits per heavy atom. The van der Waals surface area contributed by atoms with Crippen LogP contribution < -0.4 is 15.4 Å². The largest absolute Gasteiger partial charge is 0.457 e. The molecule has 3 heterocycles. The normalized spacial score (nSPS) is 14.7. The lowest BCUT2D eigenvalue weighted by atomic mass is 10.1. The molecule has 5 rings (SSSR count). The summed E-state index contributed by atoms with van der Waals surface area (Å²) in [5, 5.41) is 24.7. The molecule has 0 bridgehead atoms. The molecule has 1 aliphatic rings. The lowest BCUT2D eigenvalue weighted by molar-refractivity contribution is -0.511. The summed E-state index contributed by atoms with van der Waals surface area (Å²) in [6.45, 7) is 3.79. The molecule has 0 saturated carbocycles. The Morgan fingerprint density at radius 2 is 1.83 bits per heavy atom. The van der Waals surface area contributed by atoms with Gasteiger partial charge in [-0.15, -0.1) is 0 Å². The van der Waals surface area contributed by atoms with Crippen molar-refractivity contribution in [3.8, 4) is 17.6 Å². The van der Waals surface area contributed by atoms with Crippen molar-refractivity contribution in [3.63, 3.8) is 0 Å². The standard InChI is InChI=1S/C27H23N7O2/c1-17-13-23(32-33(17)3)27(35)31-24-16-34-26(18(24)2)25(19(14-28)15-29-34)30-20-9-11-22(12-10-20)36-21-7-5-4-6-8-21/h4-13,15-16,23H,1-3H3,(H-,29,30,31,35)/p+1. The molecule has 0 saturated heterocycles. The number of azo groups is 2. The van der Waals surface area contributed by atoms with Crippen molar-refractivity contribution in [2.75, 3.05) is 17.7 Å². The highest BCUT2D eigenvalue weighted by molar-refractivity contribution is 5.99. The summed E-state index contributed by atoms with van der Waals surface area (Å²) < 4.78 is 9.20. The summed E-state index contributed by atoms with van der Waals surface area (Å²) in [7, 11) is 1.81. The van der Waals surface area contributed by atoms with Gasteiger partial charge in [0.25, 0.3) is 5.91 Å². The second-order valence-electron chi connectivity index (χ2n) is 8.45. The van der Waals surface area contributed by atoms with Crippen LogP contribution in [0.25, 0.3) is 5.52 Å². The zero-order valence-corrected chi connectivity index (χ0v) is 20.1. The number of nitrogens with zero attached hydrogens (tertiary/aromatic N) is 5. The predicted molar refractivity (Wildman–Crippen MR) is 136 cm³/mol. The molecule has 9 heteroatoms. The van der Waals surface area contributed by atoms with Crippen molar-refractivity contribution >= 4 is 28.5 Å². The summed E-state index contributed by atoms with van der Waals surface area (Å²) in [5.41, 5.74) is 4.77. The van der Waals surface area contributed by atoms with Crippen molar-refractivity contribution in [1.82, 2.24) is 9.61 Å². The molecule has 0 fully saturated rings. The van der Waals surface area contributed by atoms with Crippen LogP contribution in [0, 0.1) is 18.3 Å². The molecule has 1 atom stereocenters. The summed E-state index contributed by atoms with van der Waals surface area (Å²) >= 11 is 0. The van der Waals surface area contributed by atoms with Crippen molar-refractivity contribution in [3.05, 3.63) is 89.9 Å². The first-order valence-corrected chi connectivity index (χ1v) is 11.4. The lowest BCUT2D eigenvalue weighted by Gasteiger charge is -2.12. The van der Waals surface area contributed by atoms with E-state index in [1.54, 1.807) is 15.4 Å². The molecule has 36 heavy (non-hydrogen) atoms. The molecule has 2 aromatic carbocycles. The topological polar surface area (TPSA) is 107 Å². The average Bonchev–Trinajstić information content (AvgIpc) is 3.39. The van der Waals surface area contributed by atoms with Gasteiger partial charge in [0.15, 0.2) is 7.05 Å². The predicted octanol–water partition coefficient (Wildman–Crippen LogP) is 5.37. The Hall–Kier alpha value is -4.97. The highest BCUT2D eigenvalue weighted by Crippen LogP contribution is 2.33. The number of allylic oxidation sites excluding steroid dienone is 1. The third kappa shape index (κ3) is 4.40. The molecule has 2 N–H and O–H groups in total. The number of carbonyl (C=O) groups is 1. The minimum atomic E-state index is -0.589. The lowest BCUT2D eigenvalue weighted by Crippen LogP contribution is -2.23. The highest BCUT2D eigenvalue weighted by atomic mass is 16.5. The van der Waals surface area contributed by atoms with E-state index in [0.29, 0.717) is 28.2 Å². The maximum absolute atomic E-state index is 12.8. The van der Waals surface area contributed by atoms with E-state index in [1.165, 1.54) is 6.20 Å². The molecular weight excluding hydrogens is 454 g/mol. The van der Waals surface area contributed by atoms with Gasteiger partial charge in [0.05, 0.1) is 34.8 Å². The van der Waals surface area contributed by atoms with Gasteiger partial charge < -0.3 is 15.4 Å². The minimum Gasteiger partial charge on any atom is -0.457 e. The number of nitriles is 1. The number of nitrogens with one attached hydrogen (secondary N) is 2. The van der Waals surface area contributed by atoms with Crippen LogP contribution in [-0.2, 0) is 4.79 Å². The molecule has 178 valence electrons. The zero-order valence-electron chi connectivity index (χ0n) is 20.1. The highest BCUT2D eigenvalue weighted by Gasteiger charge is 2.28. The fourth-order valence-corrected chi connectivity index (χ4v) is 3.98. The molecule has 4 aromatic rings. The van der Waals surface area contributed by atoms with Crippen LogP contribution in [0.5, 0.6) is 11.5 Å². The number of benzene rings is 2. The molecule has 1 aliphatic heterocycles. The zero-order chi connectivity index (χ0) is 25.2. The number of para-hydroxylation sites is 1. The van der Waals surface area contributed by atoms with Crippen LogP contribution in [0.2, 0.25) is 0 Å². The van der Waals surface area contributed by atoms with Crippen LogP contribution in [0.15, 0.2) is 83.9 Å². The molecular formula is C27H24N7O2+. The summed E-state index contributed by atoms with van der Waals surface area (Å²) in [4.78, 5) is 12.8. The van der Waals surface area contributed by atoms with Gasteiger partial charge >= 0.3 is 0 Å². The van der Waals surface area contributed by atoms with E-state index in [0.717, 1.165) is 22.7 Å². The Morgan fingerprint density at radius 1 is 1.11 bits per heavy atom. The third-order valence-electron chi connectivity index (χ3n) is 6.01. The second-order valence-corrected chi connectivity index (χ2v) is 8.45. The molecule has 1 amide bonds. The number of hydrogen-bond donors (Lipinski definition) is 2. The van der Waals surface area contributed by atoms with E-state index >= 15 is 0 Å². The maximum Gasteiger partial charge on any atom is 0.259 e. The van der Waals surface area contributed by atoms with Crippen LogP contribution in [0.4, 0.5) is 17.1 Å². The molecule has 0 radical (unpaired) electrons. The van der Waals surface area contributed by atoms with Crippen molar-refractivity contribution in [1.29, 1.82) is 5.26 Å². The quantitative estimate of drug-likeness (QED) is 0.362. The molecule has 1 unspecified atom stereocenters. The number of anilines is 3. The Labute approximate surface area is 208 Å². The number of amides is 1. The van der Waals surface area contributed by atoms with Gasteiger partial charge in [0.2, 0.25) is 11.7 Å². The van der Waals surface area contributed by atoms with Gasteiger partial charge in [-0.2, -0.15) is 10.4 Å². The Kier molecular flexibility index (Phi) is 5.92. The van der Waals surface area contributed by atoms with E-state index in [9.17, 15) is 10.1 Å². The number of aryl methyl sites for hydroxylation is 1. The van der Waals surface area contributed by atoms with Gasteiger partial charge in [-0.3, -0.25) is 4.79 Å². The summed E-state index contributed by atoms with van der Waals surface area (Å²) in [6, 6.07) is 18.6. The van der Waals surface area contributed by atoms with E-state index in [1.807, 2.05) is 81.6 Å². The molecule has 0 spiro atoms. The average molecular weight is 479 g/mol. The van der Waals surface area contributed by atoms with Gasteiger partial charge in [0, 0.05) is 24.3 Å².